The number of rotatable bonds is 3. The molecule has 4 nitrogen and oxygen atoms in total. The van der Waals surface area contributed by atoms with Gasteiger partial charge in [0.15, 0.2) is 0 Å². The van der Waals surface area contributed by atoms with Crippen LogP contribution in [0.2, 0.25) is 0 Å². The lowest BCUT2D eigenvalue weighted by atomic mass is 9.95. The number of aromatic nitrogens is 2. The van der Waals surface area contributed by atoms with Crippen molar-refractivity contribution in [1.82, 2.24) is 15.1 Å². The van der Waals surface area contributed by atoms with Crippen LogP contribution in [0.1, 0.15) is 50.8 Å². The van der Waals surface area contributed by atoms with Crippen LogP contribution >= 0.6 is 0 Å². The third kappa shape index (κ3) is 2.80. The van der Waals surface area contributed by atoms with Crippen molar-refractivity contribution in [2.45, 2.75) is 58.0 Å². The number of amides is 1. The van der Waals surface area contributed by atoms with E-state index in [1.54, 1.807) is 0 Å². The summed E-state index contributed by atoms with van der Waals surface area (Å²) in [6, 6.07) is 8.15. The molecule has 2 aromatic rings. The summed E-state index contributed by atoms with van der Waals surface area (Å²) in [4.78, 5) is 12.5. The fourth-order valence-electron chi connectivity index (χ4n) is 3.22. The first-order valence-corrected chi connectivity index (χ1v) is 7.91. The predicted molar refractivity (Wildman–Crippen MR) is 84.2 cm³/mol. The number of nitrogens with one attached hydrogen (secondary N) is 1. The number of fused-ring (bicyclic) bond motifs is 1. The highest BCUT2D eigenvalue weighted by Gasteiger charge is 2.22. The molecule has 1 aliphatic carbocycles. The molecule has 0 saturated heterocycles. The van der Waals surface area contributed by atoms with Crippen LogP contribution in [0, 0.1) is 6.92 Å². The molecule has 0 aliphatic heterocycles. The number of aryl methyl sites for hydroxylation is 1. The maximum atomic E-state index is 12.5. The van der Waals surface area contributed by atoms with Crippen LogP contribution in [-0.4, -0.2) is 21.7 Å². The van der Waals surface area contributed by atoms with Gasteiger partial charge in [-0.1, -0.05) is 37.5 Å². The van der Waals surface area contributed by atoms with Gasteiger partial charge >= 0.3 is 0 Å². The quantitative estimate of drug-likeness (QED) is 0.940. The first-order chi connectivity index (χ1) is 10.2. The average Bonchev–Trinajstić information content (AvgIpc) is 2.85. The van der Waals surface area contributed by atoms with Gasteiger partial charge in [0.25, 0.3) is 0 Å². The van der Waals surface area contributed by atoms with E-state index in [0.29, 0.717) is 6.04 Å². The standard InChI is InChI=1S/C17H23N3O/c1-12-15-10-6-7-11-16(15)20(19-12)13(2)17(21)18-14-8-4-3-5-9-14/h6-7,10-11,13-14H,3-5,8-9H2,1-2H3,(H,18,21)/t13-/m1/s1. The van der Waals surface area contributed by atoms with E-state index in [1.807, 2.05) is 36.7 Å². The van der Waals surface area contributed by atoms with Crippen LogP contribution in [0.15, 0.2) is 24.3 Å². The van der Waals surface area contributed by atoms with Crippen LogP contribution in [0.4, 0.5) is 0 Å². The smallest absolute Gasteiger partial charge is 0.244 e. The topological polar surface area (TPSA) is 46.9 Å². The lowest BCUT2D eigenvalue weighted by Crippen LogP contribution is -2.40. The van der Waals surface area contributed by atoms with E-state index in [0.717, 1.165) is 29.4 Å². The summed E-state index contributed by atoms with van der Waals surface area (Å²) in [6.07, 6.45) is 5.96. The summed E-state index contributed by atoms with van der Waals surface area (Å²) in [5.74, 6) is 0.0788. The van der Waals surface area contributed by atoms with Crippen molar-refractivity contribution in [2.24, 2.45) is 0 Å². The van der Waals surface area contributed by atoms with E-state index in [4.69, 9.17) is 0 Å². The molecule has 1 N–H and O–H groups in total. The van der Waals surface area contributed by atoms with Gasteiger partial charge in [-0.25, -0.2) is 0 Å². The minimum Gasteiger partial charge on any atom is -0.352 e. The SMILES string of the molecule is Cc1nn([C@H](C)C(=O)NC2CCCCC2)c2ccccc12. The molecule has 1 amide bonds. The lowest BCUT2D eigenvalue weighted by Gasteiger charge is -2.24. The molecule has 1 heterocycles. The molecule has 0 unspecified atom stereocenters. The summed E-state index contributed by atoms with van der Waals surface area (Å²) in [5, 5.41) is 8.87. The third-order valence-corrected chi connectivity index (χ3v) is 4.50. The molecule has 1 aliphatic rings. The first kappa shape index (κ1) is 14.1. The fourth-order valence-corrected chi connectivity index (χ4v) is 3.22. The van der Waals surface area contributed by atoms with Crippen LogP contribution in [0.3, 0.4) is 0 Å². The Morgan fingerprint density at radius 3 is 2.76 bits per heavy atom. The molecular weight excluding hydrogens is 262 g/mol. The lowest BCUT2D eigenvalue weighted by molar-refractivity contribution is -0.125. The van der Waals surface area contributed by atoms with Gasteiger partial charge in [-0.05, 0) is 32.8 Å². The molecule has 1 aromatic carbocycles. The molecule has 1 aromatic heterocycles. The van der Waals surface area contributed by atoms with Crippen LogP contribution < -0.4 is 5.32 Å². The Morgan fingerprint density at radius 1 is 1.29 bits per heavy atom. The minimum atomic E-state index is -0.273. The first-order valence-electron chi connectivity index (χ1n) is 7.91. The molecule has 112 valence electrons. The van der Waals surface area contributed by atoms with Crippen molar-refractivity contribution in [3.05, 3.63) is 30.0 Å². The van der Waals surface area contributed by atoms with Gasteiger partial charge in [-0.15, -0.1) is 0 Å². The summed E-state index contributed by atoms with van der Waals surface area (Å²) >= 11 is 0. The van der Waals surface area contributed by atoms with Crippen molar-refractivity contribution >= 4 is 16.8 Å². The summed E-state index contributed by atoms with van der Waals surface area (Å²) < 4.78 is 1.85. The molecule has 4 heteroatoms. The van der Waals surface area contributed by atoms with E-state index in [-0.39, 0.29) is 11.9 Å². The predicted octanol–water partition coefficient (Wildman–Crippen LogP) is 3.35. The van der Waals surface area contributed by atoms with Crippen LogP contribution in [0.25, 0.3) is 10.9 Å². The number of benzene rings is 1. The number of nitrogens with zero attached hydrogens (tertiary/aromatic N) is 2. The van der Waals surface area contributed by atoms with Crippen molar-refractivity contribution in [3.63, 3.8) is 0 Å². The zero-order valence-corrected chi connectivity index (χ0v) is 12.8. The Bertz CT molecular complexity index is 641. The van der Waals surface area contributed by atoms with Gasteiger partial charge in [0.2, 0.25) is 5.91 Å². The van der Waals surface area contributed by atoms with Gasteiger partial charge in [0, 0.05) is 11.4 Å². The highest BCUT2D eigenvalue weighted by molar-refractivity contribution is 5.86. The normalized spacial score (nSPS) is 17.8. The van der Waals surface area contributed by atoms with Gasteiger partial charge in [0.05, 0.1) is 11.2 Å². The highest BCUT2D eigenvalue weighted by atomic mass is 16.2. The van der Waals surface area contributed by atoms with E-state index in [2.05, 4.69) is 16.5 Å². The van der Waals surface area contributed by atoms with Crippen molar-refractivity contribution in [3.8, 4) is 0 Å². The van der Waals surface area contributed by atoms with E-state index < -0.39 is 0 Å². The summed E-state index contributed by atoms with van der Waals surface area (Å²) in [7, 11) is 0. The van der Waals surface area contributed by atoms with Crippen molar-refractivity contribution in [2.75, 3.05) is 0 Å². The summed E-state index contributed by atoms with van der Waals surface area (Å²) in [6.45, 7) is 3.92. The van der Waals surface area contributed by atoms with E-state index in [9.17, 15) is 4.79 Å². The van der Waals surface area contributed by atoms with Crippen molar-refractivity contribution in [1.29, 1.82) is 0 Å². The van der Waals surface area contributed by atoms with Gasteiger partial charge in [-0.3, -0.25) is 9.48 Å². The fraction of sp³-hybridized carbons (Fsp3) is 0.529. The number of para-hydroxylation sites is 1. The Labute approximate surface area is 125 Å². The largest absolute Gasteiger partial charge is 0.352 e. The molecule has 21 heavy (non-hydrogen) atoms. The Balaban J connectivity index is 1.79. The zero-order chi connectivity index (χ0) is 14.8. The maximum absolute atomic E-state index is 12.5. The van der Waals surface area contributed by atoms with Crippen molar-refractivity contribution < 1.29 is 4.79 Å². The number of hydrogen-bond acceptors (Lipinski definition) is 2. The van der Waals surface area contributed by atoms with Crippen LogP contribution in [0.5, 0.6) is 0 Å². The molecule has 1 atom stereocenters. The molecular formula is C17H23N3O. The van der Waals surface area contributed by atoms with Gasteiger partial charge < -0.3 is 5.32 Å². The molecule has 0 spiro atoms. The number of hydrogen-bond donors (Lipinski definition) is 1. The van der Waals surface area contributed by atoms with E-state index >= 15 is 0 Å². The number of carbonyl (C=O) groups excluding carboxylic acids is 1. The van der Waals surface area contributed by atoms with Gasteiger partial charge in [-0.2, -0.15) is 5.10 Å². The van der Waals surface area contributed by atoms with Crippen LogP contribution in [-0.2, 0) is 4.79 Å². The molecule has 0 bridgehead atoms. The second-order valence-electron chi connectivity index (χ2n) is 6.07. The molecule has 1 saturated carbocycles. The maximum Gasteiger partial charge on any atom is 0.244 e. The second kappa shape index (κ2) is 5.88. The molecule has 0 radical (unpaired) electrons. The Morgan fingerprint density at radius 2 is 2.00 bits per heavy atom. The Kier molecular flexibility index (Phi) is 3.95. The molecule has 1 fully saturated rings. The highest BCUT2D eigenvalue weighted by Crippen LogP contribution is 2.22. The summed E-state index contributed by atoms with van der Waals surface area (Å²) in [5.41, 5.74) is 2.00. The third-order valence-electron chi connectivity index (χ3n) is 4.50. The monoisotopic (exact) mass is 285 g/mol. The molecule has 3 rings (SSSR count). The Hall–Kier alpha value is -1.84. The number of carbonyl (C=O) groups is 1. The second-order valence-corrected chi connectivity index (χ2v) is 6.07. The van der Waals surface area contributed by atoms with E-state index in [1.165, 1.54) is 19.3 Å². The minimum absolute atomic E-state index is 0.0788. The van der Waals surface area contributed by atoms with Gasteiger partial charge in [0.1, 0.15) is 6.04 Å². The zero-order valence-electron chi connectivity index (χ0n) is 12.8. The average molecular weight is 285 g/mol.